The first kappa shape index (κ1) is 37.7. The van der Waals surface area contributed by atoms with Crippen molar-refractivity contribution in [3.8, 4) is 56.4 Å². The van der Waals surface area contributed by atoms with Crippen LogP contribution in [0.1, 0.15) is 30.5 Å². The van der Waals surface area contributed by atoms with Crippen molar-refractivity contribution in [3.05, 3.63) is 211 Å². The molecule has 15 rings (SSSR count). The second-order valence-corrected chi connectivity index (χ2v) is 19.2. The van der Waals surface area contributed by atoms with E-state index in [1.54, 1.807) is 0 Å². The molecule has 0 saturated heterocycles. The molecule has 320 valence electrons. The highest BCUT2D eigenvalue weighted by Crippen LogP contribution is 2.59. The highest BCUT2D eigenvalue weighted by atomic mass is 16.6. The van der Waals surface area contributed by atoms with E-state index in [-0.39, 0.29) is 12.3 Å². The van der Waals surface area contributed by atoms with E-state index < -0.39 is 0 Å². The van der Waals surface area contributed by atoms with Gasteiger partial charge < -0.3 is 23.6 Å². The van der Waals surface area contributed by atoms with Gasteiger partial charge in [-0.15, -0.1) is 0 Å². The van der Waals surface area contributed by atoms with Gasteiger partial charge in [0.05, 0.1) is 5.69 Å². The van der Waals surface area contributed by atoms with Crippen molar-refractivity contribution >= 4 is 78.9 Å². The van der Waals surface area contributed by atoms with E-state index in [1.165, 1.54) is 60.7 Å². The number of rotatable bonds is 3. The third-order valence-corrected chi connectivity index (χ3v) is 15.1. The maximum Gasteiger partial charge on any atom is 0.333 e. The van der Waals surface area contributed by atoms with Crippen molar-refractivity contribution in [1.29, 1.82) is 0 Å². The molecular formula is C62H41BN2O3. The SMILES string of the molecule is Cc1cc(-c2ccccc2)ccc1N1c2cc3c(cc2B2c4c1cc1c(c4-c4cc5ccccc5cc4N2c2cccc4c2oc2ccccc24)C(C)(C)c2ccccc2-1)Oc1ccccc1O3. The minimum absolute atomic E-state index is 0.306. The second kappa shape index (κ2) is 13.6. The summed E-state index contributed by atoms with van der Waals surface area (Å²) in [6, 6.07) is 70.2. The Morgan fingerprint density at radius 1 is 0.471 bits per heavy atom. The van der Waals surface area contributed by atoms with Gasteiger partial charge in [0.25, 0.3) is 0 Å². The summed E-state index contributed by atoms with van der Waals surface area (Å²) in [6.45, 7) is 6.75. The van der Waals surface area contributed by atoms with Crippen LogP contribution in [0, 0.1) is 6.92 Å². The van der Waals surface area contributed by atoms with E-state index in [9.17, 15) is 0 Å². The zero-order valence-electron chi connectivity index (χ0n) is 37.7. The molecule has 4 aliphatic rings. The van der Waals surface area contributed by atoms with Crippen molar-refractivity contribution in [2.45, 2.75) is 26.2 Å². The Labute approximate surface area is 394 Å². The Hall–Kier alpha value is -8.48. The summed E-state index contributed by atoms with van der Waals surface area (Å²) in [7, 11) is 0. The lowest BCUT2D eigenvalue weighted by molar-refractivity contribution is 0.360. The molecule has 10 aromatic carbocycles. The molecule has 0 amide bonds. The predicted molar refractivity (Wildman–Crippen MR) is 279 cm³/mol. The number of ether oxygens (including phenoxy) is 2. The molecule has 6 heteroatoms. The fraction of sp³-hybridized carbons (Fsp3) is 0.0645. The number of para-hydroxylation sites is 4. The van der Waals surface area contributed by atoms with Crippen LogP contribution in [0.25, 0.3) is 66.1 Å². The Morgan fingerprint density at radius 3 is 2.00 bits per heavy atom. The van der Waals surface area contributed by atoms with Crippen LogP contribution >= 0.6 is 0 Å². The van der Waals surface area contributed by atoms with Gasteiger partial charge in [0, 0.05) is 50.6 Å². The molecule has 0 fully saturated rings. The number of benzene rings is 10. The van der Waals surface area contributed by atoms with Gasteiger partial charge in [0.2, 0.25) is 0 Å². The van der Waals surface area contributed by atoms with E-state index in [0.29, 0.717) is 23.0 Å². The molecule has 0 atom stereocenters. The van der Waals surface area contributed by atoms with Crippen molar-refractivity contribution < 1.29 is 13.9 Å². The molecule has 0 N–H and O–H groups in total. The normalized spacial score (nSPS) is 14.4. The predicted octanol–water partition coefficient (Wildman–Crippen LogP) is 15.6. The van der Waals surface area contributed by atoms with Crippen LogP contribution in [0.2, 0.25) is 0 Å². The molecule has 11 aromatic rings. The number of anilines is 5. The van der Waals surface area contributed by atoms with Gasteiger partial charge in [-0.3, -0.25) is 0 Å². The highest BCUT2D eigenvalue weighted by molar-refractivity contribution is 6.94. The maximum atomic E-state index is 6.99. The van der Waals surface area contributed by atoms with Crippen molar-refractivity contribution in [1.82, 2.24) is 0 Å². The summed E-state index contributed by atoms with van der Waals surface area (Å²) in [5.41, 5.74) is 20.4. The minimum atomic E-state index is -0.321. The van der Waals surface area contributed by atoms with E-state index in [2.05, 4.69) is 200 Å². The molecule has 1 aliphatic carbocycles. The van der Waals surface area contributed by atoms with Gasteiger partial charge in [-0.05, 0) is 134 Å². The summed E-state index contributed by atoms with van der Waals surface area (Å²) in [6.07, 6.45) is 0. The van der Waals surface area contributed by atoms with Gasteiger partial charge in [-0.1, -0.05) is 141 Å². The fourth-order valence-electron chi connectivity index (χ4n) is 12.2. The van der Waals surface area contributed by atoms with E-state index in [1.807, 2.05) is 24.3 Å². The van der Waals surface area contributed by atoms with Crippen LogP contribution in [-0.4, -0.2) is 6.85 Å². The summed E-state index contributed by atoms with van der Waals surface area (Å²) >= 11 is 0. The number of furan rings is 1. The molecule has 0 spiro atoms. The average molecular weight is 873 g/mol. The summed E-state index contributed by atoms with van der Waals surface area (Å²) in [4.78, 5) is 5.09. The molecule has 1 aromatic heterocycles. The smallest absolute Gasteiger partial charge is 0.333 e. The highest BCUT2D eigenvalue weighted by Gasteiger charge is 2.51. The van der Waals surface area contributed by atoms with Crippen LogP contribution in [-0.2, 0) is 5.41 Å². The lowest BCUT2D eigenvalue weighted by Gasteiger charge is -2.47. The monoisotopic (exact) mass is 872 g/mol. The number of aryl methyl sites for hydroxylation is 1. The largest absolute Gasteiger partial charge is 0.454 e. The Kier molecular flexibility index (Phi) is 7.52. The lowest BCUT2D eigenvalue weighted by atomic mass is 9.42. The van der Waals surface area contributed by atoms with Crippen LogP contribution in [0.15, 0.2) is 199 Å². The number of nitrogens with zero attached hydrogens (tertiary/aromatic N) is 2. The van der Waals surface area contributed by atoms with E-state index in [4.69, 9.17) is 13.9 Å². The molecule has 4 heterocycles. The van der Waals surface area contributed by atoms with Crippen molar-refractivity contribution in [3.63, 3.8) is 0 Å². The van der Waals surface area contributed by atoms with Crippen molar-refractivity contribution in [2.24, 2.45) is 0 Å². The number of hydrogen-bond acceptors (Lipinski definition) is 5. The molecule has 0 bridgehead atoms. The molecule has 0 radical (unpaired) electrons. The van der Waals surface area contributed by atoms with E-state index in [0.717, 1.165) is 61.4 Å². The summed E-state index contributed by atoms with van der Waals surface area (Å²) < 4.78 is 20.6. The van der Waals surface area contributed by atoms with Gasteiger partial charge >= 0.3 is 6.85 Å². The lowest BCUT2D eigenvalue weighted by Crippen LogP contribution is -2.62. The minimum Gasteiger partial charge on any atom is -0.454 e. The third kappa shape index (κ3) is 5.06. The first-order chi connectivity index (χ1) is 33.4. The van der Waals surface area contributed by atoms with Crippen LogP contribution in [0.5, 0.6) is 23.0 Å². The quantitative estimate of drug-likeness (QED) is 0.165. The Morgan fingerprint density at radius 2 is 1.18 bits per heavy atom. The van der Waals surface area contributed by atoms with Gasteiger partial charge in [0.15, 0.2) is 28.6 Å². The molecule has 5 nitrogen and oxygen atoms in total. The third-order valence-electron chi connectivity index (χ3n) is 15.1. The van der Waals surface area contributed by atoms with Crippen LogP contribution in [0.3, 0.4) is 0 Å². The standard InChI is InChI=1S/C62H41BN2O3/c1-36-30-40(37-16-5-4-6-17-37)28-29-48(36)64-51-35-57-56(66-54-26-13-14-27-55(54)67-57)34-47(51)63-60-52(64)33-44-41-20-9-11-23-46(41)62(2,3)59(44)58(60)45-31-38-18-7-8-19-39(38)32-50(45)65(63)49-24-15-22-43-42-21-10-12-25-53(42)68-61(43)49/h4-35H,1-3H3. The van der Waals surface area contributed by atoms with Crippen LogP contribution < -0.4 is 30.1 Å². The number of hydrogen-bond donors (Lipinski definition) is 0. The summed E-state index contributed by atoms with van der Waals surface area (Å²) in [5, 5.41) is 4.56. The first-order valence-corrected chi connectivity index (χ1v) is 23.5. The molecule has 0 saturated carbocycles. The van der Waals surface area contributed by atoms with E-state index >= 15 is 0 Å². The molecular weight excluding hydrogens is 832 g/mol. The Balaban J connectivity index is 1.11. The average Bonchev–Trinajstić information content (AvgIpc) is 3.87. The zero-order valence-corrected chi connectivity index (χ0v) is 37.7. The fourth-order valence-corrected chi connectivity index (χ4v) is 12.2. The van der Waals surface area contributed by atoms with Gasteiger partial charge in [-0.25, -0.2) is 0 Å². The molecule has 0 unspecified atom stereocenters. The topological polar surface area (TPSA) is 38.1 Å². The van der Waals surface area contributed by atoms with Crippen LogP contribution in [0.4, 0.5) is 28.4 Å². The Bertz CT molecular complexity index is 4000. The summed E-state index contributed by atoms with van der Waals surface area (Å²) in [5.74, 6) is 2.75. The molecule has 68 heavy (non-hydrogen) atoms. The van der Waals surface area contributed by atoms with Gasteiger partial charge in [-0.2, -0.15) is 0 Å². The zero-order chi connectivity index (χ0) is 45.0. The maximum absolute atomic E-state index is 6.99. The van der Waals surface area contributed by atoms with Gasteiger partial charge in [0.1, 0.15) is 5.58 Å². The molecule has 3 aliphatic heterocycles. The second-order valence-electron chi connectivity index (χ2n) is 19.2. The van der Waals surface area contributed by atoms with Crippen molar-refractivity contribution in [2.75, 3.05) is 9.71 Å². The number of fused-ring (bicyclic) bond motifs is 14. The first-order valence-electron chi connectivity index (χ1n) is 23.5.